The molecule has 0 N–H and O–H groups in total. The number of aryl methyl sites for hydroxylation is 1. The number of carbonyl (C=O) groups excluding carboxylic acids is 1. The van der Waals surface area contributed by atoms with Crippen LogP contribution in [-0.4, -0.2) is 5.78 Å². The molecular formula is C32H41NO. The van der Waals surface area contributed by atoms with Crippen LogP contribution in [0.4, 0.5) is 0 Å². The van der Waals surface area contributed by atoms with Crippen LogP contribution in [-0.2, 0) is 11.2 Å². The molecule has 2 heteroatoms. The molecular weight excluding hydrogens is 414 g/mol. The Balaban J connectivity index is 1.32. The Hall–Kier alpha value is -2.40. The van der Waals surface area contributed by atoms with Gasteiger partial charge in [-0.2, -0.15) is 5.26 Å². The highest BCUT2D eigenvalue weighted by Gasteiger charge is 2.43. The number of ketones is 1. The average Bonchev–Trinajstić information content (AvgIpc) is 2.89. The van der Waals surface area contributed by atoms with E-state index in [9.17, 15) is 10.1 Å². The van der Waals surface area contributed by atoms with Gasteiger partial charge in [0.25, 0.3) is 0 Å². The third-order valence-corrected chi connectivity index (χ3v) is 8.60. The van der Waals surface area contributed by atoms with Gasteiger partial charge in [0.15, 0.2) is 0 Å². The molecule has 34 heavy (non-hydrogen) atoms. The summed E-state index contributed by atoms with van der Waals surface area (Å²) in [6, 6.07) is 20.9. The minimum atomic E-state index is -0.274. The Bertz CT molecular complexity index is 958. The number of rotatable bonds is 9. The van der Waals surface area contributed by atoms with Crippen molar-refractivity contribution in [3.63, 3.8) is 0 Å². The summed E-state index contributed by atoms with van der Waals surface area (Å²) in [4.78, 5) is 12.0. The Labute approximate surface area is 206 Å². The second-order valence-corrected chi connectivity index (χ2v) is 10.9. The summed E-state index contributed by atoms with van der Waals surface area (Å²) in [6.45, 7) is 2.27. The van der Waals surface area contributed by atoms with E-state index in [1.165, 1.54) is 60.8 Å². The predicted octanol–water partition coefficient (Wildman–Crippen LogP) is 8.79. The minimum absolute atomic E-state index is 0.274. The van der Waals surface area contributed by atoms with Gasteiger partial charge in [-0.05, 0) is 85.5 Å². The van der Waals surface area contributed by atoms with Gasteiger partial charge < -0.3 is 0 Å². The lowest BCUT2D eigenvalue weighted by molar-refractivity contribution is -0.123. The number of benzene rings is 2. The summed E-state index contributed by atoms with van der Waals surface area (Å²) in [5, 5.41) is 10.0. The van der Waals surface area contributed by atoms with Crippen molar-refractivity contribution in [2.75, 3.05) is 0 Å². The highest BCUT2D eigenvalue weighted by Crippen LogP contribution is 2.50. The molecule has 2 aromatic carbocycles. The first-order valence-corrected chi connectivity index (χ1v) is 13.8. The smallest absolute Gasteiger partial charge is 0.133 e. The third kappa shape index (κ3) is 5.99. The van der Waals surface area contributed by atoms with E-state index in [-0.39, 0.29) is 11.3 Å². The summed E-state index contributed by atoms with van der Waals surface area (Å²) in [5.74, 6) is 1.18. The van der Waals surface area contributed by atoms with Crippen LogP contribution >= 0.6 is 0 Å². The molecule has 1 unspecified atom stereocenters. The Morgan fingerprint density at radius 3 is 2.15 bits per heavy atom. The molecule has 2 saturated carbocycles. The Morgan fingerprint density at radius 1 is 0.882 bits per heavy atom. The fraction of sp³-hybridized carbons (Fsp3) is 0.562. The normalized spacial score (nSPS) is 25.1. The molecule has 0 heterocycles. The first-order valence-electron chi connectivity index (χ1n) is 13.8. The van der Waals surface area contributed by atoms with Crippen molar-refractivity contribution in [2.45, 2.75) is 103 Å². The van der Waals surface area contributed by atoms with E-state index in [4.69, 9.17) is 0 Å². The summed E-state index contributed by atoms with van der Waals surface area (Å²) in [6.07, 6.45) is 15.2. The molecule has 0 spiro atoms. The van der Waals surface area contributed by atoms with Crippen LogP contribution in [0.1, 0.15) is 107 Å². The van der Waals surface area contributed by atoms with Crippen LogP contribution in [0.5, 0.6) is 0 Å². The largest absolute Gasteiger partial charge is 0.300 e. The topological polar surface area (TPSA) is 40.9 Å². The van der Waals surface area contributed by atoms with Gasteiger partial charge in [0.2, 0.25) is 0 Å². The SMILES string of the molecule is CCCCCCCc1ccc(-c2ccc(C3CCC(C#N)(C4CCCC(=O)C4)CC3)cc2)cc1. The Kier molecular flexibility index (Phi) is 8.60. The molecule has 1 atom stereocenters. The number of nitrogens with zero attached hydrogens (tertiary/aromatic N) is 1. The monoisotopic (exact) mass is 455 g/mol. The fourth-order valence-corrected chi connectivity index (χ4v) is 6.32. The van der Waals surface area contributed by atoms with E-state index >= 15 is 0 Å². The highest BCUT2D eigenvalue weighted by atomic mass is 16.1. The van der Waals surface area contributed by atoms with Crippen molar-refractivity contribution < 1.29 is 4.79 Å². The van der Waals surface area contributed by atoms with Crippen molar-refractivity contribution in [3.8, 4) is 17.2 Å². The maximum absolute atomic E-state index is 12.0. The van der Waals surface area contributed by atoms with Gasteiger partial charge in [-0.3, -0.25) is 4.79 Å². The molecule has 180 valence electrons. The van der Waals surface area contributed by atoms with Gasteiger partial charge in [-0.25, -0.2) is 0 Å². The maximum atomic E-state index is 12.0. The van der Waals surface area contributed by atoms with Crippen molar-refractivity contribution >= 4 is 5.78 Å². The number of Topliss-reactive ketones (excluding diaryl/α,β-unsaturated/α-hetero) is 1. The zero-order valence-corrected chi connectivity index (χ0v) is 21.0. The first kappa shape index (κ1) is 24.7. The molecule has 2 aromatic rings. The fourth-order valence-electron chi connectivity index (χ4n) is 6.32. The molecule has 2 aliphatic rings. The van der Waals surface area contributed by atoms with Crippen LogP contribution in [0.25, 0.3) is 11.1 Å². The second kappa shape index (κ2) is 11.8. The molecule has 0 amide bonds. The molecule has 0 aliphatic heterocycles. The van der Waals surface area contributed by atoms with Crippen molar-refractivity contribution in [1.82, 2.24) is 0 Å². The molecule has 2 nitrogen and oxygen atoms in total. The van der Waals surface area contributed by atoms with E-state index in [2.05, 4.69) is 61.5 Å². The van der Waals surface area contributed by atoms with E-state index in [1.807, 2.05) is 0 Å². The van der Waals surface area contributed by atoms with Gasteiger partial charge in [0, 0.05) is 12.8 Å². The lowest BCUT2D eigenvalue weighted by Crippen LogP contribution is -2.36. The lowest BCUT2D eigenvalue weighted by Gasteiger charge is -2.42. The summed E-state index contributed by atoms with van der Waals surface area (Å²) >= 11 is 0. The van der Waals surface area contributed by atoms with E-state index in [1.54, 1.807) is 0 Å². The molecule has 0 saturated heterocycles. The number of unbranched alkanes of at least 4 members (excludes halogenated alkanes) is 4. The number of hydrogen-bond donors (Lipinski definition) is 0. The van der Waals surface area contributed by atoms with Crippen molar-refractivity contribution in [1.29, 1.82) is 5.26 Å². The van der Waals surface area contributed by atoms with Crippen molar-refractivity contribution in [3.05, 3.63) is 59.7 Å². The number of hydrogen-bond acceptors (Lipinski definition) is 2. The quantitative estimate of drug-likeness (QED) is 0.354. The van der Waals surface area contributed by atoms with Gasteiger partial charge >= 0.3 is 0 Å². The van der Waals surface area contributed by atoms with E-state index < -0.39 is 0 Å². The zero-order valence-electron chi connectivity index (χ0n) is 21.0. The number of carbonyl (C=O) groups is 1. The van der Waals surface area contributed by atoms with Crippen LogP contribution in [0.15, 0.2) is 48.5 Å². The molecule has 0 radical (unpaired) electrons. The van der Waals surface area contributed by atoms with E-state index in [0.717, 1.165) is 44.9 Å². The molecule has 2 aliphatic carbocycles. The lowest BCUT2D eigenvalue weighted by atomic mass is 9.60. The minimum Gasteiger partial charge on any atom is -0.300 e. The average molecular weight is 456 g/mol. The van der Waals surface area contributed by atoms with Gasteiger partial charge in [-0.1, -0.05) is 81.1 Å². The molecule has 0 aromatic heterocycles. The number of nitriles is 1. The maximum Gasteiger partial charge on any atom is 0.133 e. The van der Waals surface area contributed by atoms with Crippen LogP contribution in [0.3, 0.4) is 0 Å². The molecule has 2 fully saturated rings. The van der Waals surface area contributed by atoms with Gasteiger partial charge in [0.05, 0.1) is 11.5 Å². The second-order valence-electron chi connectivity index (χ2n) is 10.9. The summed E-state index contributed by atoms with van der Waals surface area (Å²) < 4.78 is 0. The summed E-state index contributed by atoms with van der Waals surface area (Å²) in [7, 11) is 0. The first-order chi connectivity index (χ1) is 16.6. The van der Waals surface area contributed by atoms with Crippen LogP contribution in [0.2, 0.25) is 0 Å². The predicted molar refractivity (Wildman–Crippen MR) is 141 cm³/mol. The molecule has 0 bridgehead atoms. The van der Waals surface area contributed by atoms with Crippen LogP contribution < -0.4 is 0 Å². The highest BCUT2D eigenvalue weighted by molar-refractivity contribution is 5.79. The third-order valence-electron chi connectivity index (χ3n) is 8.60. The van der Waals surface area contributed by atoms with Crippen LogP contribution in [0, 0.1) is 22.7 Å². The van der Waals surface area contributed by atoms with Crippen molar-refractivity contribution in [2.24, 2.45) is 11.3 Å². The Morgan fingerprint density at radius 2 is 1.53 bits per heavy atom. The van der Waals surface area contributed by atoms with E-state index in [0.29, 0.717) is 18.1 Å². The summed E-state index contributed by atoms with van der Waals surface area (Å²) in [5.41, 5.74) is 5.14. The standard InChI is InChI=1S/C32H41NO/c1-2-3-4-5-6-8-25-11-13-26(14-12-25)27-15-17-28(18-16-27)29-19-21-32(24-33,22-20-29)30-9-7-10-31(34)23-30/h11-18,29-30H,2-10,19-23H2,1H3. The van der Waals surface area contributed by atoms with Gasteiger partial charge in [-0.15, -0.1) is 0 Å². The zero-order chi connectivity index (χ0) is 23.8. The van der Waals surface area contributed by atoms with Gasteiger partial charge in [0.1, 0.15) is 5.78 Å². The molecule has 4 rings (SSSR count).